The van der Waals surface area contributed by atoms with E-state index in [4.69, 9.17) is 17.3 Å². The number of rotatable bonds is 5. The Morgan fingerprint density at radius 2 is 1.85 bits per heavy atom. The number of hydrogen-bond acceptors (Lipinski definition) is 5. The Balaban J connectivity index is 0.000000242. The molecule has 8 nitrogen and oxygen atoms in total. The highest BCUT2D eigenvalue weighted by Gasteiger charge is 2.46. The molecule has 3 aliphatic rings. The number of nitrogen functional groups attached to an aromatic ring is 1. The largest absolute Gasteiger partial charge is 0.383 e. The Morgan fingerprint density at radius 1 is 1.07 bits per heavy atom. The van der Waals surface area contributed by atoms with E-state index in [1.54, 1.807) is 12.3 Å². The standard InChI is InChI=1S/C23H20ClN5O.C8H11NO/c24-21-8-5-16-12-20(19-2-1-10-26-22(19)25)29(23(16)27-21)18-6-3-15(4-7-18)17-9-11-28(13-17)14-30;1-2-8(10)9-4-6-3-7(6)5-9/h1-8,10,12,14,17H,9,11,13H2,(H2,25,26);2,6-7H,1,3-5H2. The minimum Gasteiger partial charge on any atom is -0.383 e. The van der Waals surface area contributed by atoms with Gasteiger partial charge in [-0.05, 0) is 78.8 Å². The van der Waals surface area contributed by atoms with Gasteiger partial charge in [0.05, 0.1) is 5.69 Å². The number of likely N-dealkylation sites (tertiary alicyclic amines) is 2. The van der Waals surface area contributed by atoms with Crippen LogP contribution in [-0.4, -0.2) is 62.8 Å². The zero-order valence-electron chi connectivity index (χ0n) is 22.1. The van der Waals surface area contributed by atoms with E-state index in [-0.39, 0.29) is 5.91 Å². The van der Waals surface area contributed by atoms with E-state index in [0.29, 0.717) is 16.9 Å². The highest BCUT2D eigenvalue weighted by atomic mass is 35.5. The number of aromatic nitrogens is 3. The maximum atomic E-state index is 11.0. The van der Waals surface area contributed by atoms with Crippen molar-refractivity contribution in [1.29, 1.82) is 0 Å². The molecule has 40 heavy (non-hydrogen) atoms. The Labute approximate surface area is 238 Å². The van der Waals surface area contributed by atoms with Gasteiger partial charge in [-0.2, -0.15) is 0 Å². The first-order valence-electron chi connectivity index (χ1n) is 13.5. The third kappa shape index (κ3) is 5.07. The van der Waals surface area contributed by atoms with Gasteiger partial charge >= 0.3 is 0 Å². The summed E-state index contributed by atoms with van der Waals surface area (Å²) in [6, 6.07) is 18.0. The molecular weight excluding hydrogens is 524 g/mol. The predicted octanol–water partition coefficient (Wildman–Crippen LogP) is 4.92. The third-order valence-electron chi connectivity index (χ3n) is 8.19. The van der Waals surface area contributed by atoms with Crippen LogP contribution in [0.15, 0.2) is 73.4 Å². The summed E-state index contributed by atoms with van der Waals surface area (Å²) in [6.45, 7) is 7.00. The number of nitrogens with zero attached hydrogens (tertiary/aromatic N) is 5. The van der Waals surface area contributed by atoms with Crippen LogP contribution in [0.3, 0.4) is 0 Å². The second kappa shape index (κ2) is 10.8. The quantitative estimate of drug-likeness (QED) is 0.214. The second-order valence-electron chi connectivity index (χ2n) is 10.7. The molecule has 3 unspecified atom stereocenters. The Hall–Kier alpha value is -4.17. The van der Waals surface area contributed by atoms with Gasteiger partial charge in [0, 0.05) is 54.9 Å². The van der Waals surface area contributed by atoms with Crippen molar-refractivity contribution in [2.24, 2.45) is 11.8 Å². The van der Waals surface area contributed by atoms with Gasteiger partial charge in [-0.25, -0.2) is 9.97 Å². The van der Waals surface area contributed by atoms with Crippen LogP contribution in [-0.2, 0) is 9.59 Å². The zero-order valence-corrected chi connectivity index (χ0v) is 22.9. The molecule has 3 atom stereocenters. The summed E-state index contributed by atoms with van der Waals surface area (Å²) in [4.78, 5) is 34.6. The van der Waals surface area contributed by atoms with Gasteiger partial charge in [0.25, 0.3) is 0 Å². The number of piperidine rings is 1. The Bertz CT molecular complexity index is 1570. The van der Waals surface area contributed by atoms with Crippen molar-refractivity contribution in [2.75, 3.05) is 31.9 Å². The average molecular weight is 555 g/mol. The van der Waals surface area contributed by atoms with Gasteiger partial charge in [-0.15, -0.1) is 0 Å². The van der Waals surface area contributed by atoms with Gasteiger partial charge in [-0.3, -0.25) is 14.2 Å². The molecule has 1 aliphatic carbocycles. The van der Waals surface area contributed by atoms with E-state index in [1.165, 1.54) is 18.1 Å². The van der Waals surface area contributed by atoms with E-state index in [1.807, 2.05) is 28.0 Å². The average Bonchev–Trinajstić information content (AvgIpc) is 3.33. The number of benzene rings is 1. The van der Waals surface area contributed by atoms with E-state index in [0.717, 1.165) is 78.8 Å². The molecule has 0 bridgehead atoms. The van der Waals surface area contributed by atoms with E-state index in [2.05, 4.69) is 51.4 Å². The van der Waals surface area contributed by atoms with Crippen LogP contribution >= 0.6 is 11.6 Å². The van der Waals surface area contributed by atoms with Crippen molar-refractivity contribution in [1.82, 2.24) is 24.3 Å². The molecule has 1 aromatic carbocycles. The normalized spacial score (nSPS) is 21.1. The lowest BCUT2D eigenvalue weighted by Crippen LogP contribution is -2.28. The monoisotopic (exact) mass is 554 g/mol. The molecule has 2 aliphatic heterocycles. The number of halogens is 1. The molecule has 1 saturated carbocycles. The Morgan fingerprint density at radius 3 is 2.52 bits per heavy atom. The fourth-order valence-electron chi connectivity index (χ4n) is 5.91. The SMILES string of the molecule is C=CC(=O)N1CC2CC2C1.Nc1ncccc1-c1cc2ccc(Cl)nc2n1-c1ccc(C2CCN(C=O)C2)cc1. The summed E-state index contributed by atoms with van der Waals surface area (Å²) >= 11 is 6.21. The molecule has 3 aromatic heterocycles. The topological polar surface area (TPSA) is 97.3 Å². The van der Waals surface area contributed by atoms with Gasteiger partial charge in [0.2, 0.25) is 12.3 Å². The molecule has 3 fully saturated rings. The van der Waals surface area contributed by atoms with Crippen molar-refractivity contribution in [3.63, 3.8) is 0 Å². The summed E-state index contributed by atoms with van der Waals surface area (Å²) in [5, 5.41) is 1.41. The van der Waals surface area contributed by atoms with Crippen molar-refractivity contribution in [2.45, 2.75) is 18.8 Å². The van der Waals surface area contributed by atoms with Crippen molar-refractivity contribution >= 4 is 40.8 Å². The molecule has 0 spiro atoms. The number of carbonyl (C=O) groups is 2. The zero-order chi connectivity index (χ0) is 27.8. The van der Waals surface area contributed by atoms with Crippen molar-refractivity contribution < 1.29 is 9.59 Å². The number of amides is 2. The lowest BCUT2D eigenvalue weighted by Gasteiger charge is -2.14. The first kappa shape index (κ1) is 26.1. The maximum absolute atomic E-state index is 11.0. The summed E-state index contributed by atoms with van der Waals surface area (Å²) in [7, 11) is 0. The molecule has 2 N–H and O–H groups in total. The second-order valence-corrected chi connectivity index (χ2v) is 11.1. The highest BCUT2D eigenvalue weighted by molar-refractivity contribution is 6.29. The summed E-state index contributed by atoms with van der Waals surface area (Å²) in [6.07, 6.45) is 6.35. The van der Waals surface area contributed by atoms with Gasteiger partial charge in [0.15, 0.2) is 0 Å². The lowest BCUT2D eigenvalue weighted by atomic mass is 9.98. The summed E-state index contributed by atoms with van der Waals surface area (Å²) in [5.74, 6) is 2.61. The molecule has 9 heteroatoms. The number of pyridine rings is 2. The number of anilines is 1. The van der Waals surface area contributed by atoms with Crippen LogP contribution in [0.5, 0.6) is 0 Å². The van der Waals surface area contributed by atoms with E-state index >= 15 is 0 Å². The van der Waals surface area contributed by atoms with Gasteiger partial charge < -0.3 is 15.5 Å². The van der Waals surface area contributed by atoms with Crippen LogP contribution in [0.2, 0.25) is 5.15 Å². The van der Waals surface area contributed by atoms with Gasteiger partial charge in [-0.1, -0.05) is 30.3 Å². The van der Waals surface area contributed by atoms with Gasteiger partial charge in [0.1, 0.15) is 16.6 Å². The van der Waals surface area contributed by atoms with E-state index < -0.39 is 0 Å². The molecule has 4 aromatic rings. The maximum Gasteiger partial charge on any atom is 0.245 e. The predicted molar refractivity (Wildman–Crippen MR) is 157 cm³/mol. The molecular formula is C31H31ClN6O2. The molecule has 5 heterocycles. The fourth-order valence-corrected chi connectivity index (χ4v) is 6.05. The highest BCUT2D eigenvalue weighted by Crippen LogP contribution is 2.44. The number of carbonyl (C=O) groups excluding carboxylic acids is 2. The smallest absolute Gasteiger partial charge is 0.245 e. The number of hydrogen-bond donors (Lipinski definition) is 1. The third-order valence-corrected chi connectivity index (χ3v) is 8.40. The van der Waals surface area contributed by atoms with Crippen LogP contribution in [0.1, 0.15) is 24.3 Å². The Kier molecular flexibility index (Phi) is 7.02. The van der Waals surface area contributed by atoms with Crippen LogP contribution in [0.4, 0.5) is 5.82 Å². The van der Waals surface area contributed by atoms with Crippen LogP contribution < -0.4 is 5.73 Å². The first-order chi connectivity index (χ1) is 19.4. The number of fused-ring (bicyclic) bond motifs is 2. The summed E-state index contributed by atoms with van der Waals surface area (Å²) in [5.41, 5.74) is 10.9. The number of nitrogens with two attached hydrogens (primary N) is 1. The molecule has 0 radical (unpaired) electrons. The van der Waals surface area contributed by atoms with Crippen LogP contribution in [0, 0.1) is 11.8 Å². The minimum absolute atomic E-state index is 0.104. The molecule has 2 amide bonds. The molecule has 7 rings (SSSR count). The van der Waals surface area contributed by atoms with Crippen LogP contribution in [0.25, 0.3) is 28.0 Å². The van der Waals surface area contributed by atoms with Crippen molar-refractivity contribution in [3.8, 4) is 16.9 Å². The summed E-state index contributed by atoms with van der Waals surface area (Å²) < 4.78 is 2.06. The lowest BCUT2D eigenvalue weighted by molar-refractivity contribution is -0.125. The minimum atomic E-state index is 0.104. The molecule has 2 saturated heterocycles. The fraction of sp³-hybridized carbons (Fsp3) is 0.290. The first-order valence-corrected chi connectivity index (χ1v) is 13.9. The van der Waals surface area contributed by atoms with Crippen molar-refractivity contribution in [3.05, 3.63) is 84.2 Å². The molecule has 204 valence electrons. The van der Waals surface area contributed by atoms with E-state index in [9.17, 15) is 9.59 Å².